The maximum atomic E-state index is 11.7. The van der Waals surface area contributed by atoms with Gasteiger partial charge in [-0.25, -0.2) is 18.4 Å². The van der Waals surface area contributed by atoms with Gasteiger partial charge in [0.15, 0.2) is 9.84 Å². The van der Waals surface area contributed by atoms with Crippen LogP contribution in [-0.4, -0.2) is 47.8 Å². The largest absolute Gasteiger partial charge is 0.473 e. The number of carbonyl (C=O) groups excluding carboxylic acids is 1. The fraction of sp³-hybridized carbons (Fsp3) is 0.350. The van der Waals surface area contributed by atoms with Gasteiger partial charge in [0.2, 0.25) is 11.8 Å². The summed E-state index contributed by atoms with van der Waals surface area (Å²) in [6, 6.07) is 8.42. The predicted octanol–water partition coefficient (Wildman–Crippen LogP) is 1.94. The zero-order valence-electron chi connectivity index (χ0n) is 16.4. The first-order valence-corrected chi connectivity index (χ1v) is 11.2. The average molecular weight is 414 g/mol. The summed E-state index contributed by atoms with van der Waals surface area (Å²) in [5, 5.41) is 2.83. The molecule has 0 saturated carbocycles. The zero-order valence-corrected chi connectivity index (χ0v) is 17.2. The number of sulfone groups is 1. The fourth-order valence-electron chi connectivity index (χ4n) is 3.47. The third-order valence-corrected chi connectivity index (χ3v) is 6.34. The molecule has 29 heavy (non-hydrogen) atoms. The van der Waals surface area contributed by atoms with Crippen molar-refractivity contribution in [1.29, 1.82) is 0 Å². The lowest BCUT2D eigenvalue weighted by Gasteiger charge is -2.20. The number of hydrogen-bond donors (Lipinski definition) is 1. The Kier molecular flexibility index (Phi) is 4.77. The van der Waals surface area contributed by atoms with Crippen LogP contribution in [0, 0.1) is 5.92 Å². The van der Waals surface area contributed by atoms with Crippen LogP contribution >= 0.6 is 0 Å². The summed E-state index contributed by atoms with van der Waals surface area (Å²) < 4.78 is 31.4. The Morgan fingerprint density at radius 2 is 2.00 bits per heavy atom. The zero-order chi connectivity index (χ0) is 20.8. The predicted molar refractivity (Wildman–Crippen MR) is 108 cm³/mol. The molecule has 0 radical (unpaired) electrons. The first-order valence-electron chi connectivity index (χ1n) is 9.28. The van der Waals surface area contributed by atoms with Gasteiger partial charge in [0.25, 0.3) is 0 Å². The minimum atomic E-state index is -3.27. The molecular formula is C20H22N4O4S. The highest BCUT2D eigenvalue weighted by molar-refractivity contribution is 7.90. The van der Waals surface area contributed by atoms with Crippen molar-refractivity contribution in [3.63, 3.8) is 0 Å². The normalized spacial score (nSPS) is 18.0. The number of pyridine rings is 1. The second-order valence-corrected chi connectivity index (χ2v) is 9.44. The van der Waals surface area contributed by atoms with Crippen molar-refractivity contribution < 1.29 is 17.9 Å². The van der Waals surface area contributed by atoms with Gasteiger partial charge in [-0.2, -0.15) is 0 Å². The molecule has 3 aromatic rings. The van der Waals surface area contributed by atoms with E-state index in [1.165, 1.54) is 6.26 Å². The Hall–Kier alpha value is -2.94. The van der Waals surface area contributed by atoms with Gasteiger partial charge in [0, 0.05) is 37.8 Å². The highest BCUT2D eigenvalue weighted by Crippen LogP contribution is 2.31. The molecule has 2 atom stereocenters. The molecule has 4 rings (SSSR count). The molecule has 1 N–H and O–H groups in total. The van der Waals surface area contributed by atoms with Gasteiger partial charge in [-0.15, -0.1) is 0 Å². The van der Waals surface area contributed by atoms with E-state index in [0.717, 1.165) is 16.6 Å². The van der Waals surface area contributed by atoms with Crippen LogP contribution in [0.4, 0.5) is 0 Å². The van der Waals surface area contributed by atoms with E-state index in [9.17, 15) is 13.2 Å². The van der Waals surface area contributed by atoms with E-state index in [1.807, 2.05) is 24.6 Å². The minimum absolute atomic E-state index is 0.0313. The molecule has 0 aliphatic carbocycles. The van der Waals surface area contributed by atoms with Gasteiger partial charge in [-0.3, -0.25) is 4.79 Å². The summed E-state index contributed by atoms with van der Waals surface area (Å²) >= 11 is 0. The number of aromatic nitrogens is 3. The van der Waals surface area contributed by atoms with E-state index in [-0.39, 0.29) is 22.8 Å². The number of aryl methyl sites for hydroxylation is 1. The average Bonchev–Trinajstić information content (AvgIpc) is 3.27. The molecule has 152 valence electrons. The number of carbonyl (C=O) groups is 1. The first-order chi connectivity index (χ1) is 13.7. The second-order valence-electron chi connectivity index (χ2n) is 7.42. The van der Waals surface area contributed by atoms with Gasteiger partial charge in [0.1, 0.15) is 11.6 Å². The molecule has 1 aromatic carbocycles. The lowest BCUT2D eigenvalue weighted by atomic mass is 10.0. The van der Waals surface area contributed by atoms with Crippen LogP contribution in [0.5, 0.6) is 5.88 Å². The van der Waals surface area contributed by atoms with Gasteiger partial charge in [-0.1, -0.05) is 12.1 Å². The molecule has 3 heterocycles. The molecule has 0 unspecified atom stereocenters. The quantitative estimate of drug-likeness (QED) is 0.684. The van der Waals surface area contributed by atoms with E-state index in [0.29, 0.717) is 24.5 Å². The Balaban J connectivity index is 1.72. The van der Waals surface area contributed by atoms with E-state index in [1.54, 1.807) is 30.6 Å². The summed E-state index contributed by atoms with van der Waals surface area (Å²) in [6.45, 7) is 2.52. The first kappa shape index (κ1) is 19.4. The van der Waals surface area contributed by atoms with Crippen LogP contribution in [0.1, 0.15) is 13.3 Å². The van der Waals surface area contributed by atoms with Crippen LogP contribution in [-0.2, 0) is 21.7 Å². The van der Waals surface area contributed by atoms with E-state index in [2.05, 4.69) is 15.3 Å². The molecule has 1 aliphatic rings. The highest BCUT2D eigenvalue weighted by Gasteiger charge is 2.29. The summed E-state index contributed by atoms with van der Waals surface area (Å²) in [4.78, 5) is 20.9. The van der Waals surface area contributed by atoms with Crippen LogP contribution in [0.2, 0.25) is 0 Å². The fourth-order valence-corrected chi connectivity index (χ4v) is 4.10. The molecule has 1 fully saturated rings. The maximum Gasteiger partial charge on any atom is 0.241 e. The Bertz CT molecular complexity index is 1190. The smallest absolute Gasteiger partial charge is 0.241 e. The number of benzene rings is 1. The van der Waals surface area contributed by atoms with Crippen LogP contribution in [0.3, 0.4) is 0 Å². The highest BCUT2D eigenvalue weighted by atomic mass is 32.2. The Morgan fingerprint density at radius 1 is 1.28 bits per heavy atom. The number of rotatable bonds is 5. The third-order valence-electron chi connectivity index (χ3n) is 5.21. The number of nitrogens with one attached hydrogen (secondary N) is 1. The van der Waals surface area contributed by atoms with Crippen molar-refractivity contribution in [1.82, 2.24) is 19.9 Å². The molecule has 8 nitrogen and oxygen atoms in total. The van der Waals surface area contributed by atoms with Gasteiger partial charge in [0.05, 0.1) is 22.4 Å². The van der Waals surface area contributed by atoms with E-state index in [4.69, 9.17) is 4.74 Å². The molecule has 1 saturated heterocycles. The van der Waals surface area contributed by atoms with Gasteiger partial charge < -0.3 is 14.6 Å². The standard InChI is InChI=1S/C20H22N4O4S/c1-12(14-8-18(25)21-10-14)28-20-19-17(22-11-24(19)2)9-16(23-20)13-4-6-15(7-5-13)29(3,26)27/h4-7,9,11-12,14H,8,10H2,1-3H3,(H,21,25)/t12-,14-/m1/s1. The Labute approximate surface area is 168 Å². The van der Waals surface area contributed by atoms with Crippen molar-refractivity contribution in [2.75, 3.05) is 12.8 Å². The molecule has 9 heteroatoms. The number of nitrogens with zero attached hydrogens (tertiary/aromatic N) is 3. The lowest BCUT2D eigenvalue weighted by molar-refractivity contribution is -0.119. The molecular weight excluding hydrogens is 392 g/mol. The molecule has 2 aromatic heterocycles. The summed E-state index contributed by atoms with van der Waals surface area (Å²) in [5.41, 5.74) is 2.90. The van der Waals surface area contributed by atoms with Crippen molar-refractivity contribution >= 4 is 26.8 Å². The number of fused-ring (bicyclic) bond motifs is 1. The Morgan fingerprint density at radius 3 is 2.62 bits per heavy atom. The lowest BCUT2D eigenvalue weighted by Crippen LogP contribution is -2.26. The van der Waals surface area contributed by atoms with E-state index < -0.39 is 9.84 Å². The topological polar surface area (TPSA) is 103 Å². The van der Waals surface area contributed by atoms with Crippen molar-refractivity contribution in [3.05, 3.63) is 36.7 Å². The molecule has 1 aliphatic heterocycles. The molecule has 0 spiro atoms. The second kappa shape index (κ2) is 7.14. The van der Waals surface area contributed by atoms with Crippen LogP contribution < -0.4 is 10.1 Å². The molecule has 1 amide bonds. The van der Waals surface area contributed by atoms with Crippen molar-refractivity contribution in [3.8, 4) is 17.1 Å². The number of amides is 1. The van der Waals surface area contributed by atoms with Crippen LogP contribution in [0.25, 0.3) is 22.3 Å². The summed E-state index contributed by atoms with van der Waals surface area (Å²) in [6.07, 6.45) is 3.10. The van der Waals surface area contributed by atoms with E-state index >= 15 is 0 Å². The van der Waals surface area contributed by atoms with Gasteiger partial charge >= 0.3 is 0 Å². The SMILES string of the molecule is C[C@@H](Oc1nc(-c2ccc(S(C)(=O)=O)cc2)cc2ncn(C)c12)[C@H]1CNC(=O)C1. The number of ether oxygens (including phenoxy) is 1. The third kappa shape index (κ3) is 3.82. The molecule has 0 bridgehead atoms. The minimum Gasteiger partial charge on any atom is -0.473 e. The number of imidazole rings is 1. The number of hydrogen-bond acceptors (Lipinski definition) is 6. The monoisotopic (exact) mass is 414 g/mol. The van der Waals surface area contributed by atoms with Crippen molar-refractivity contribution in [2.24, 2.45) is 13.0 Å². The maximum absolute atomic E-state index is 11.7. The van der Waals surface area contributed by atoms with Crippen molar-refractivity contribution in [2.45, 2.75) is 24.3 Å². The summed E-state index contributed by atoms with van der Waals surface area (Å²) in [5.74, 6) is 0.547. The van der Waals surface area contributed by atoms with Gasteiger partial charge in [-0.05, 0) is 25.1 Å². The summed E-state index contributed by atoms with van der Waals surface area (Å²) in [7, 11) is -1.39. The van der Waals surface area contributed by atoms with Crippen LogP contribution in [0.15, 0.2) is 41.6 Å².